The number of urea groups is 1. The fourth-order valence-corrected chi connectivity index (χ4v) is 4.82. The van der Waals surface area contributed by atoms with E-state index in [1.54, 1.807) is 23.9 Å². The molecule has 0 aromatic rings. The van der Waals surface area contributed by atoms with Gasteiger partial charge >= 0.3 is 6.03 Å². The van der Waals surface area contributed by atoms with Gasteiger partial charge in [-0.25, -0.2) is 4.79 Å². The Labute approximate surface area is 149 Å². The third-order valence-corrected chi connectivity index (χ3v) is 6.04. The van der Waals surface area contributed by atoms with E-state index in [9.17, 15) is 9.59 Å². The Kier molecular flexibility index (Phi) is 4.92. The Hall–Kier alpha value is -1.81. The molecule has 3 fully saturated rings. The van der Waals surface area contributed by atoms with Gasteiger partial charge in [-0.05, 0) is 44.4 Å². The van der Waals surface area contributed by atoms with Crippen molar-refractivity contribution in [2.24, 2.45) is 11.8 Å². The Bertz CT molecular complexity index is 571. The number of amides is 3. The molecule has 7 heteroatoms. The molecule has 0 radical (unpaired) electrons. The van der Waals surface area contributed by atoms with E-state index in [2.05, 4.69) is 18.3 Å². The number of fused-ring (bicyclic) bond motifs is 1. The van der Waals surface area contributed by atoms with E-state index in [1.165, 1.54) is 0 Å². The zero-order valence-electron chi connectivity index (χ0n) is 15.5. The number of likely N-dealkylation sites (tertiary alicyclic amines) is 2. The molecule has 3 rings (SSSR count). The van der Waals surface area contributed by atoms with Gasteiger partial charge in [0.25, 0.3) is 0 Å². The number of hydrogen-bond acceptors (Lipinski definition) is 4. The van der Waals surface area contributed by atoms with Gasteiger partial charge < -0.3 is 20.0 Å². The summed E-state index contributed by atoms with van der Waals surface area (Å²) in [5.41, 5.74) is -0.0554. The molecular weight excluding hydrogens is 318 g/mol. The maximum atomic E-state index is 12.4. The van der Waals surface area contributed by atoms with E-state index in [1.807, 2.05) is 4.90 Å². The maximum Gasteiger partial charge on any atom is 0.319 e. The van der Waals surface area contributed by atoms with Crippen LogP contribution in [0.1, 0.15) is 32.6 Å². The van der Waals surface area contributed by atoms with E-state index in [4.69, 9.17) is 5.26 Å². The summed E-state index contributed by atoms with van der Waals surface area (Å²) in [6.07, 6.45) is 3.69. The van der Waals surface area contributed by atoms with Gasteiger partial charge in [-0.15, -0.1) is 0 Å². The van der Waals surface area contributed by atoms with Crippen molar-refractivity contribution < 1.29 is 9.59 Å². The van der Waals surface area contributed by atoms with Gasteiger partial charge in [-0.3, -0.25) is 4.79 Å². The second-order valence-corrected chi connectivity index (χ2v) is 8.30. The fraction of sp³-hybridized carbons (Fsp3) is 0.833. The summed E-state index contributed by atoms with van der Waals surface area (Å²) in [5.74, 6) is 1.05. The summed E-state index contributed by atoms with van der Waals surface area (Å²) in [6, 6.07) is 2.06. The van der Waals surface area contributed by atoms with Crippen LogP contribution in [0, 0.1) is 23.2 Å². The van der Waals surface area contributed by atoms with Crippen LogP contribution >= 0.6 is 0 Å². The molecule has 4 atom stereocenters. The van der Waals surface area contributed by atoms with Crippen molar-refractivity contribution in [3.8, 4) is 6.07 Å². The predicted octanol–water partition coefficient (Wildman–Crippen LogP) is 0.873. The number of nitriles is 1. The molecule has 2 aliphatic heterocycles. The molecular formula is C18H29N5O2. The molecule has 1 aliphatic carbocycles. The Balaban J connectivity index is 1.50. The lowest BCUT2D eigenvalue weighted by Crippen LogP contribution is -2.48. The van der Waals surface area contributed by atoms with Gasteiger partial charge in [0.1, 0.15) is 6.04 Å². The number of rotatable bonds is 3. The molecule has 2 saturated heterocycles. The minimum Gasteiger partial charge on any atom is -0.331 e. The van der Waals surface area contributed by atoms with Gasteiger partial charge in [-0.2, -0.15) is 5.26 Å². The summed E-state index contributed by atoms with van der Waals surface area (Å²) in [5, 5.41) is 12.6. The topological polar surface area (TPSA) is 79.7 Å². The number of nitrogens with zero attached hydrogens (tertiary/aromatic N) is 4. The lowest BCUT2D eigenvalue weighted by molar-refractivity contribution is -0.130. The second kappa shape index (κ2) is 6.83. The molecule has 25 heavy (non-hydrogen) atoms. The van der Waals surface area contributed by atoms with Gasteiger partial charge in [-0.1, -0.05) is 0 Å². The highest BCUT2D eigenvalue weighted by atomic mass is 16.2. The lowest BCUT2D eigenvalue weighted by atomic mass is 9.98. The average Bonchev–Trinajstić information content (AvgIpc) is 3.24. The maximum absolute atomic E-state index is 12.4. The van der Waals surface area contributed by atoms with Crippen LogP contribution in [0.4, 0.5) is 4.79 Å². The van der Waals surface area contributed by atoms with Crippen molar-refractivity contribution in [2.45, 2.75) is 44.2 Å². The SMILES string of the molecule is CN(C)C(=O)N1C[C@@H]2CC(C)(NCC(=O)N3CCCC3C#N)C[C@@H]2C1. The zero-order valence-corrected chi connectivity index (χ0v) is 15.5. The summed E-state index contributed by atoms with van der Waals surface area (Å²) in [4.78, 5) is 29.8. The number of nitrogens with one attached hydrogen (secondary N) is 1. The van der Waals surface area contributed by atoms with Crippen LogP contribution in [0.2, 0.25) is 0 Å². The standard InChI is InChI=1S/C18H29N5O2/c1-18(20-10-16(24)23-6-4-5-15(23)9-19)7-13-11-22(12-14(13)8-18)17(25)21(2)3/h13-15,20H,4-8,10-12H2,1-3H3/t13-,14+,15?,18?. The van der Waals surface area contributed by atoms with Gasteiger partial charge in [0, 0.05) is 39.3 Å². The van der Waals surface area contributed by atoms with E-state index in [0.29, 0.717) is 24.9 Å². The third kappa shape index (κ3) is 3.59. The predicted molar refractivity (Wildman–Crippen MR) is 93.6 cm³/mol. The Morgan fingerprint density at radius 1 is 1.28 bits per heavy atom. The largest absolute Gasteiger partial charge is 0.331 e. The first-order chi connectivity index (χ1) is 11.8. The molecule has 3 amide bonds. The average molecular weight is 347 g/mol. The van der Waals surface area contributed by atoms with Crippen LogP contribution in [0.15, 0.2) is 0 Å². The van der Waals surface area contributed by atoms with Crippen molar-refractivity contribution in [1.29, 1.82) is 5.26 Å². The highest BCUT2D eigenvalue weighted by Gasteiger charge is 2.48. The molecule has 0 spiro atoms. The van der Waals surface area contributed by atoms with E-state index in [-0.39, 0.29) is 23.5 Å². The molecule has 1 N–H and O–H groups in total. The summed E-state index contributed by atoms with van der Waals surface area (Å²) < 4.78 is 0. The fourth-order valence-electron chi connectivity index (χ4n) is 4.82. The third-order valence-electron chi connectivity index (χ3n) is 6.04. The summed E-state index contributed by atoms with van der Waals surface area (Å²) in [6.45, 7) is 4.81. The van der Waals surface area contributed by atoms with E-state index >= 15 is 0 Å². The summed E-state index contributed by atoms with van der Waals surface area (Å²) >= 11 is 0. The Morgan fingerprint density at radius 3 is 2.48 bits per heavy atom. The first-order valence-corrected chi connectivity index (χ1v) is 9.23. The quantitative estimate of drug-likeness (QED) is 0.822. The van der Waals surface area contributed by atoms with Crippen molar-refractivity contribution in [3.63, 3.8) is 0 Å². The van der Waals surface area contributed by atoms with E-state index in [0.717, 1.165) is 38.8 Å². The molecule has 2 unspecified atom stereocenters. The highest BCUT2D eigenvalue weighted by Crippen LogP contribution is 2.43. The summed E-state index contributed by atoms with van der Waals surface area (Å²) in [7, 11) is 3.58. The van der Waals surface area contributed by atoms with Gasteiger partial charge in [0.05, 0.1) is 12.6 Å². The number of hydrogen-bond donors (Lipinski definition) is 1. The molecule has 0 bridgehead atoms. The molecule has 2 heterocycles. The Morgan fingerprint density at radius 2 is 1.92 bits per heavy atom. The van der Waals surface area contributed by atoms with Crippen LogP contribution in [-0.2, 0) is 4.79 Å². The molecule has 7 nitrogen and oxygen atoms in total. The minimum atomic E-state index is -0.254. The van der Waals surface area contributed by atoms with Crippen LogP contribution < -0.4 is 5.32 Å². The van der Waals surface area contributed by atoms with Crippen molar-refractivity contribution in [3.05, 3.63) is 0 Å². The number of carbonyl (C=O) groups is 2. The van der Waals surface area contributed by atoms with Crippen LogP contribution in [-0.4, -0.2) is 78.5 Å². The van der Waals surface area contributed by atoms with Gasteiger partial charge in [0.15, 0.2) is 0 Å². The zero-order chi connectivity index (χ0) is 18.2. The highest BCUT2D eigenvalue weighted by molar-refractivity contribution is 5.79. The smallest absolute Gasteiger partial charge is 0.319 e. The van der Waals surface area contributed by atoms with Crippen LogP contribution in [0.25, 0.3) is 0 Å². The molecule has 3 aliphatic rings. The molecule has 138 valence electrons. The molecule has 0 aromatic carbocycles. The molecule has 0 aromatic heterocycles. The minimum absolute atomic E-state index is 0.0340. The second-order valence-electron chi connectivity index (χ2n) is 8.30. The van der Waals surface area contributed by atoms with Crippen molar-refractivity contribution >= 4 is 11.9 Å². The molecule has 1 saturated carbocycles. The van der Waals surface area contributed by atoms with E-state index < -0.39 is 0 Å². The van der Waals surface area contributed by atoms with Crippen LogP contribution in [0.5, 0.6) is 0 Å². The monoisotopic (exact) mass is 347 g/mol. The normalized spacial score (nSPS) is 34.1. The lowest BCUT2D eigenvalue weighted by Gasteiger charge is -2.30. The van der Waals surface area contributed by atoms with Crippen molar-refractivity contribution in [2.75, 3.05) is 40.3 Å². The van der Waals surface area contributed by atoms with Crippen LogP contribution in [0.3, 0.4) is 0 Å². The number of carbonyl (C=O) groups excluding carboxylic acids is 2. The van der Waals surface area contributed by atoms with Gasteiger partial charge in [0.2, 0.25) is 5.91 Å². The first-order valence-electron chi connectivity index (χ1n) is 9.23. The first kappa shape index (κ1) is 18.0. The van der Waals surface area contributed by atoms with Crippen molar-refractivity contribution in [1.82, 2.24) is 20.0 Å².